The second kappa shape index (κ2) is 8.21. The molecule has 1 saturated heterocycles. The Labute approximate surface area is 180 Å². The van der Waals surface area contributed by atoms with E-state index in [1.165, 1.54) is 4.68 Å². The first kappa shape index (κ1) is 21.7. The van der Waals surface area contributed by atoms with E-state index < -0.39 is 58.1 Å². The third-order valence-electron chi connectivity index (χ3n) is 5.82. The zero-order chi connectivity index (χ0) is 23.2. The number of pyridine rings is 1. The summed E-state index contributed by atoms with van der Waals surface area (Å²) >= 11 is 0. The van der Waals surface area contributed by atoms with E-state index in [1.54, 1.807) is 16.8 Å². The van der Waals surface area contributed by atoms with Crippen molar-refractivity contribution in [3.8, 4) is 5.75 Å². The molecule has 2 aromatic rings. The monoisotopic (exact) mass is 450 g/mol. The van der Waals surface area contributed by atoms with Gasteiger partial charge in [-0.1, -0.05) is 0 Å². The van der Waals surface area contributed by atoms with Crippen molar-refractivity contribution in [3.63, 3.8) is 0 Å². The molecular weight excluding hydrogens is 429 g/mol. The van der Waals surface area contributed by atoms with Crippen LogP contribution >= 0.6 is 0 Å². The molecule has 0 aliphatic carbocycles. The van der Waals surface area contributed by atoms with Gasteiger partial charge in [0, 0.05) is 43.5 Å². The van der Waals surface area contributed by atoms with Gasteiger partial charge in [0.1, 0.15) is 29.2 Å². The molecule has 2 amide bonds. The standard InChI is InChI=1S/C21H21F3N4O4/c1-2-26-16-5-3-4-6-27(16)28-10-13(18(29)19(30)17(28)21(26)32)20(31)25-9-12-14(23)7-11(22)8-15(12)24/h7-8,10,16,30H,2-6,9H2,1H3,(H,25,31)/t16-/m0/s1. The van der Waals surface area contributed by atoms with Crippen LogP contribution in [0.1, 0.15) is 52.6 Å². The van der Waals surface area contributed by atoms with Gasteiger partial charge in [-0.2, -0.15) is 0 Å². The van der Waals surface area contributed by atoms with Crippen molar-refractivity contribution in [2.45, 2.75) is 38.9 Å². The largest absolute Gasteiger partial charge is 0.502 e. The molecule has 2 aliphatic heterocycles. The van der Waals surface area contributed by atoms with E-state index in [0.717, 1.165) is 19.0 Å². The predicted octanol–water partition coefficient (Wildman–Crippen LogP) is 1.82. The van der Waals surface area contributed by atoms with E-state index in [9.17, 15) is 32.7 Å². The third-order valence-corrected chi connectivity index (χ3v) is 5.82. The van der Waals surface area contributed by atoms with Crippen molar-refractivity contribution in [2.75, 3.05) is 18.1 Å². The molecule has 0 bridgehead atoms. The first-order chi connectivity index (χ1) is 15.2. The minimum absolute atomic E-state index is 0.234. The maximum absolute atomic E-state index is 13.8. The van der Waals surface area contributed by atoms with E-state index in [4.69, 9.17) is 0 Å². The maximum Gasteiger partial charge on any atom is 0.278 e. The zero-order valence-electron chi connectivity index (χ0n) is 17.2. The minimum Gasteiger partial charge on any atom is -0.502 e. The maximum atomic E-state index is 13.8. The van der Waals surface area contributed by atoms with E-state index in [2.05, 4.69) is 5.32 Å². The van der Waals surface area contributed by atoms with E-state index in [-0.39, 0.29) is 11.9 Å². The third kappa shape index (κ3) is 3.47. The molecule has 1 atom stereocenters. The number of rotatable bonds is 4. The second-order valence-electron chi connectivity index (χ2n) is 7.67. The number of carbonyl (C=O) groups excluding carboxylic acids is 2. The van der Waals surface area contributed by atoms with Crippen LogP contribution in [0.25, 0.3) is 0 Å². The van der Waals surface area contributed by atoms with Crippen molar-refractivity contribution in [1.82, 2.24) is 14.9 Å². The summed E-state index contributed by atoms with van der Waals surface area (Å²) in [5, 5.41) is 14.5. The highest BCUT2D eigenvalue weighted by molar-refractivity contribution is 5.99. The molecule has 1 aromatic carbocycles. The molecule has 8 nitrogen and oxygen atoms in total. The van der Waals surface area contributed by atoms with Gasteiger partial charge in [0.15, 0.2) is 11.4 Å². The van der Waals surface area contributed by atoms with Crippen LogP contribution in [-0.4, -0.2) is 45.8 Å². The molecule has 170 valence electrons. The van der Waals surface area contributed by atoms with E-state index in [1.807, 2.05) is 0 Å². The van der Waals surface area contributed by atoms with Gasteiger partial charge in [0.2, 0.25) is 5.43 Å². The van der Waals surface area contributed by atoms with Crippen LogP contribution < -0.4 is 15.8 Å². The fourth-order valence-corrected chi connectivity index (χ4v) is 4.25. The lowest BCUT2D eigenvalue weighted by molar-refractivity contribution is 0.0534. The van der Waals surface area contributed by atoms with Gasteiger partial charge in [-0.3, -0.25) is 24.1 Å². The number of aromatic hydroxyl groups is 1. The zero-order valence-corrected chi connectivity index (χ0v) is 17.2. The van der Waals surface area contributed by atoms with Crippen LogP contribution in [0.3, 0.4) is 0 Å². The highest BCUT2D eigenvalue weighted by Crippen LogP contribution is 2.29. The molecule has 0 saturated carbocycles. The van der Waals surface area contributed by atoms with E-state index >= 15 is 0 Å². The Morgan fingerprint density at radius 1 is 1.19 bits per heavy atom. The summed E-state index contributed by atoms with van der Waals surface area (Å²) < 4.78 is 42.1. The average molecular weight is 450 g/mol. The van der Waals surface area contributed by atoms with Crippen molar-refractivity contribution in [3.05, 3.63) is 62.8 Å². The summed E-state index contributed by atoms with van der Waals surface area (Å²) in [6, 6.07) is 0.956. The van der Waals surface area contributed by atoms with Gasteiger partial charge in [-0.25, -0.2) is 13.2 Å². The van der Waals surface area contributed by atoms with Crippen LogP contribution in [0, 0.1) is 17.5 Å². The van der Waals surface area contributed by atoms with Crippen molar-refractivity contribution >= 4 is 11.8 Å². The number of fused-ring (bicyclic) bond motifs is 3. The Morgan fingerprint density at radius 2 is 1.88 bits per heavy atom. The Balaban J connectivity index is 1.70. The number of carbonyl (C=O) groups is 2. The molecule has 2 aliphatic rings. The number of nitrogens with zero attached hydrogens (tertiary/aromatic N) is 3. The lowest BCUT2D eigenvalue weighted by Crippen LogP contribution is -2.63. The summed E-state index contributed by atoms with van der Waals surface area (Å²) in [5.74, 6) is -5.86. The minimum atomic E-state index is -1.19. The van der Waals surface area contributed by atoms with E-state index in [0.29, 0.717) is 31.6 Å². The quantitative estimate of drug-likeness (QED) is 0.741. The highest BCUT2D eigenvalue weighted by atomic mass is 19.1. The van der Waals surface area contributed by atoms with Crippen molar-refractivity contribution < 1.29 is 27.9 Å². The number of hydrogen-bond acceptors (Lipinski definition) is 5. The highest BCUT2D eigenvalue weighted by Gasteiger charge is 2.40. The Bertz CT molecular complexity index is 1140. The Morgan fingerprint density at radius 3 is 2.53 bits per heavy atom. The number of hydrogen-bond donors (Lipinski definition) is 2. The van der Waals surface area contributed by atoms with Crippen molar-refractivity contribution in [1.29, 1.82) is 0 Å². The molecular formula is C21H21F3N4O4. The Kier molecular flexibility index (Phi) is 5.57. The van der Waals surface area contributed by atoms with Gasteiger partial charge in [0.25, 0.3) is 11.8 Å². The molecule has 2 N–H and O–H groups in total. The second-order valence-corrected chi connectivity index (χ2v) is 7.67. The van der Waals surface area contributed by atoms with Crippen molar-refractivity contribution in [2.24, 2.45) is 0 Å². The van der Waals surface area contributed by atoms with Gasteiger partial charge in [-0.15, -0.1) is 0 Å². The summed E-state index contributed by atoms with van der Waals surface area (Å²) in [4.78, 5) is 39.8. The number of aromatic nitrogens is 1. The first-order valence-electron chi connectivity index (χ1n) is 10.2. The fraction of sp³-hybridized carbons (Fsp3) is 0.381. The molecule has 0 spiro atoms. The molecule has 3 heterocycles. The predicted molar refractivity (Wildman–Crippen MR) is 107 cm³/mol. The first-order valence-corrected chi connectivity index (χ1v) is 10.2. The summed E-state index contributed by atoms with van der Waals surface area (Å²) in [5.41, 5.74) is -2.38. The van der Waals surface area contributed by atoms with Crippen LogP contribution in [0.2, 0.25) is 0 Å². The average Bonchev–Trinajstić information content (AvgIpc) is 2.75. The lowest BCUT2D eigenvalue weighted by Gasteiger charge is -2.48. The molecule has 4 rings (SSSR count). The molecule has 32 heavy (non-hydrogen) atoms. The molecule has 1 aromatic heterocycles. The van der Waals surface area contributed by atoms with Gasteiger partial charge < -0.3 is 15.3 Å². The van der Waals surface area contributed by atoms with Crippen LogP contribution in [-0.2, 0) is 6.54 Å². The van der Waals surface area contributed by atoms with Crippen LogP contribution in [0.5, 0.6) is 5.75 Å². The normalized spacial score (nSPS) is 17.8. The lowest BCUT2D eigenvalue weighted by atomic mass is 10.1. The van der Waals surface area contributed by atoms with Gasteiger partial charge >= 0.3 is 0 Å². The van der Waals surface area contributed by atoms with Crippen LogP contribution in [0.15, 0.2) is 23.1 Å². The van der Waals surface area contributed by atoms with Gasteiger partial charge in [-0.05, 0) is 26.2 Å². The molecule has 11 heteroatoms. The number of halogens is 3. The number of amides is 2. The number of piperidine rings is 1. The summed E-state index contributed by atoms with van der Waals surface area (Å²) in [7, 11) is 0. The topological polar surface area (TPSA) is 94.9 Å². The fourth-order valence-electron chi connectivity index (χ4n) is 4.25. The molecule has 1 fully saturated rings. The molecule has 0 unspecified atom stereocenters. The van der Waals surface area contributed by atoms with Gasteiger partial charge in [0.05, 0.1) is 0 Å². The van der Waals surface area contributed by atoms with Crippen LogP contribution in [0.4, 0.5) is 13.2 Å². The molecule has 0 radical (unpaired) electrons. The Hall–Kier alpha value is -3.50. The SMILES string of the molecule is CCN1C(=O)c2c(O)c(=O)c(C(=O)NCc3c(F)cc(F)cc3F)cn2N2CCCC[C@@H]12. The summed E-state index contributed by atoms with van der Waals surface area (Å²) in [6.07, 6.45) is 3.28. The summed E-state index contributed by atoms with van der Waals surface area (Å²) in [6.45, 7) is 2.07. The number of benzene rings is 1. The smallest absolute Gasteiger partial charge is 0.278 e. The number of nitrogens with one attached hydrogen (secondary N) is 1.